The molecule has 0 aliphatic carbocycles. The zero-order valence-electron chi connectivity index (χ0n) is 24.1. The molecule has 7 heteroatoms. The average molecular weight is 637 g/mol. The second kappa shape index (κ2) is 16.0. The minimum absolute atomic E-state index is 0.0511. The molecule has 6 aromatic carbocycles. The highest BCUT2D eigenvalue weighted by Crippen LogP contribution is 2.39. The quantitative estimate of drug-likeness (QED) is 0.165. The lowest BCUT2D eigenvalue weighted by molar-refractivity contribution is 0.198. The van der Waals surface area contributed by atoms with Gasteiger partial charge in [-0.15, -0.1) is 0 Å². The summed E-state index contributed by atoms with van der Waals surface area (Å²) in [6, 6.07) is 44.2. The van der Waals surface area contributed by atoms with Crippen LogP contribution in [0.5, 0.6) is 11.5 Å². The molecule has 6 rings (SSSR count). The van der Waals surface area contributed by atoms with Gasteiger partial charge in [-0.3, -0.25) is 0 Å². The summed E-state index contributed by atoms with van der Waals surface area (Å²) >= 11 is 2.79. The number of rotatable bonds is 9. The highest BCUT2D eigenvalue weighted by Gasteiger charge is 2.10. The van der Waals surface area contributed by atoms with Crippen LogP contribution in [-0.2, 0) is 0 Å². The SMILES string of the molecule is OCCOc1ccc(-c2ccccc2)cc1Sc1cccc(F)c1.Oc1ccc(-c2ccccc2)cc1Sc1cccc(F)c1. The third kappa shape index (κ3) is 9.22. The third-order valence-corrected chi connectivity index (χ3v) is 8.58. The number of aliphatic hydroxyl groups is 1. The molecule has 0 aromatic heterocycles. The number of phenolic OH excluding ortho intramolecular Hbond substituents is 1. The van der Waals surface area contributed by atoms with E-state index in [0.29, 0.717) is 10.6 Å². The maximum atomic E-state index is 13.4. The van der Waals surface area contributed by atoms with Gasteiger partial charge in [0.15, 0.2) is 0 Å². The summed E-state index contributed by atoms with van der Waals surface area (Å²) in [6.45, 7) is 0.173. The average Bonchev–Trinajstić information content (AvgIpc) is 3.06. The summed E-state index contributed by atoms with van der Waals surface area (Å²) in [5, 5.41) is 19.0. The van der Waals surface area contributed by atoms with E-state index < -0.39 is 0 Å². The maximum Gasteiger partial charge on any atom is 0.133 e. The van der Waals surface area contributed by atoms with E-state index in [1.165, 1.54) is 47.8 Å². The molecule has 0 radical (unpaired) electrons. The van der Waals surface area contributed by atoms with Crippen LogP contribution in [0, 0.1) is 11.6 Å². The van der Waals surface area contributed by atoms with E-state index in [2.05, 4.69) is 0 Å². The molecular weight excluding hydrogens is 607 g/mol. The van der Waals surface area contributed by atoms with E-state index in [9.17, 15) is 13.9 Å². The second-order valence-corrected chi connectivity index (χ2v) is 12.0. The monoisotopic (exact) mass is 636 g/mol. The molecule has 0 saturated heterocycles. The highest BCUT2D eigenvalue weighted by atomic mass is 32.2. The van der Waals surface area contributed by atoms with Crippen molar-refractivity contribution in [2.24, 2.45) is 0 Å². The van der Waals surface area contributed by atoms with E-state index in [4.69, 9.17) is 9.84 Å². The molecule has 0 unspecified atom stereocenters. The van der Waals surface area contributed by atoms with Crippen molar-refractivity contribution in [3.05, 3.63) is 157 Å². The number of benzene rings is 6. The zero-order valence-corrected chi connectivity index (χ0v) is 25.8. The van der Waals surface area contributed by atoms with Crippen LogP contribution in [0.3, 0.4) is 0 Å². The van der Waals surface area contributed by atoms with E-state index in [-0.39, 0.29) is 30.6 Å². The van der Waals surface area contributed by atoms with Crippen molar-refractivity contribution in [3.63, 3.8) is 0 Å². The Morgan fingerprint density at radius 3 is 1.56 bits per heavy atom. The Bertz CT molecular complexity index is 1830. The summed E-state index contributed by atoms with van der Waals surface area (Å²) in [5.41, 5.74) is 4.27. The summed E-state index contributed by atoms with van der Waals surface area (Å²) < 4.78 is 32.3. The lowest BCUT2D eigenvalue weighted by Gasteiger charge is -2.13. The minimum Gasteiger partial charge on any atom is -0.507 e. The number of hydrogen-bond donors (Lipinski definition) is 2. The van der Waals surface area contributed by atoms with Crippen LogP contribution in [0.4, 0.5) is 8.78 Å². The number of halogens is 2. The number of ether oxygens (including phenoxy) is 1. The van der Waals surface area contributed by atoms with Crippen LogP contribution >= 0.6 is 23.5 Å². The van der Waals surface area contributed by atoms with Gasteiger partial charge in [0.1, 0.15) is 29.7 Å². The van der Waals surface area contributed by atoms with Gasteiger partial charge in [0.25, 0.3) is 0 Å². The van der Waals surface area contributed by atoms with Gasteiger partial charge < -0.3 is 14.9 Å². The molecule has 0 aliphatic rings. The normalized spacial score (nSPS) is 10.6. The molecule has 0 aliphatic heterocycles. The fourth-order valence-electron chi connectivity index (χ4n) is 4.39. The van der Waals surface area contributed by atoms with E-state index in [1.807, 2.05) is 103 Å². The standard InChI is InChI=1S/C20H17FO2S.C18H13FOS/c21-17-7-4-8-18(14-17)24-20-13-16(15-5-2-1-3-6-15)9-10-19(20)23-12-11-22;19-15-7-4-8-16(12-15)21-18-11-14(9-10-17(18)20)13-5-2-1-3-6-13/h1-10,13-14,22H,11-12H2;1-12,20H. The first kappa shape index (κ1) is 31.9. The fourth-order valence-corrected chi connectivity index (χ4v) is 6.31. The van der Waals surface area contributed by atoms with Gasteiger partial charge in [-0.05, 0) is 82.9 Å². The molecule has 6 aromatic rings. The number of phenols is 1. The topological polar surface area (TPSA) is 49.7 Å². The Morgan fingerprint density at radius 1 is 0.511 bits per heavy atom. The van der Waals surface area contributed by atoms with Crippen LogP contribution in [0.25, 0.3) is 22.3 Å². The molecule has 0 spiro atoms. The predicted molar refractivity (Wildman–Crippen MR) is 179 cm³/mol. The lowest BCUT2D eigenvalue weighted by atomic mass is 10.1. The van der Waals surface area contributed by atoms with Crippen LogP contribution in [0.2, 0.25) is 0 Å². The van der Waals surface area contributed by atoms with Crippen LogP contribution in [0.15, 0.2) is 165 Å². The van der Waals surface area contributed by atoms with Gasteiger partial charge >= 0.3 is 0 Å². The molecule has 0 bridgehead atoms. The molecule has 0 saturated carbocycles. The van der Waals surface area contributed by atoms with Crippen LogP contribution < -0.4 is 4.74 Å². The van der Waals surface area contributed by atoms with Crippen molar-refractivity contribution in [3.8, 4) is 33.8 Å². The summed E-state index contributed by atoms with van der Waals surface area (Å²) in [6.07, 6.45) is 0. The van der Waals surface area contributed by atoms with Gasteiger partial charge in [0.05, 0.1) is 16.4 Å². The summed E-state index contributed by atoms with van der Waals surface area (Å²) in [5.74, 6) is 0.331. The maximum absolute atomic E-state index is 13.4. The van der Waals surface area contributed by atoms with E-state index >= 15 is 0 Å². The van der Waals surface area contributed by atoms with Gasteiger partial charge in [-0.2, -0.15) is 0 Å². The molecule has 0 atom stereocenters. The zero-order chi connectivity index (χ0) is 31.4. The van der Waals surface area contributed by atoms with Crippen molar-refractivity contribution >= 4 is 23.5 Å². The predicted octanol–water partition coefficient (Wildman–Crippen LogP) is 10.4. The van der Waals surface area contributed by atoms with Crippen LogP contribution in [-0.4, -0.2) is 23.4 Å². The number of hydrogen-bond acceptors (Lipinski definition) is 5. The molecule has 0 fully saturated rings. The number of aliphatic hydroxyl groups excluding tert-OH is 1. The molecule has 3 nitrogen and oxygen atoms in total. The highest BCUT2D eigenvalue weighted by molar-refractivity contribution is 7.99. The van der Waals surface area contributed by atoms with Crippen LogP contribution in [0.1, 0.15) is 0 Å². The van der Waals surface area contributed by atoms with Crippen molar-refractivity contribution in [2.75, 3.05) is 13.2 Å². The lowest BCUT2D eigenvalue weighted by Crippen LogP contribution is -2.02. The molecule has 2 N–H and O–H groups in total. The largest absolute Gasteiger partial charge is 0.507 e. The Labute approximate surface area is 270 Å². The second-order valence-electron chi connectivity index (χ2n) is 9.77. The van der Waals surface area contributed by atoms with Gasteiger partial charge in [0, 0.05) is 9.79 Å². The molecular formula is C38H30F2O3S2. The molecule has 0 heterocycles. The Morgan fingerprint density at radius 2 is 1.02 bits per heavy atom. The molecule has 226 valence electrons. The molecule has 0 amide bonds. The first-order valence-electron chi connectivity index (χ1n) is 14.2. The first-order chi connectivity index (χ1) is 22.0. The minimum atomic E-state index is -0.279. The first-order valence-corrected chi connectivity index (χ1v) is 15.8. The van der Waals surface area contributed by atoms with Gasteiger partial charge in [0.2, 0.25) is 0 Å². The Hall–Kier alpha value is -4.56. The summed E-state index contributed by atoms with van der Waals surface area (Å²) in [4.78, 5) is 3.15. The fraction of sp³-hybridized carbons (Fsp3) is 0.0526. The molecule has 45 heavy (non-hydrogen) atoms. The summed E-state index contributed by atoms with van der Waals surface area (Å²) in [7, 11) is 0. The van der Waals surface area contributed by atoms with Crippen molar-refractivity contribution in [1.29, 1.82) is 0 Å². The van der Waals surface area contributed by atoms with Crippen molar-refractivity contribution in [1.82, 2.24) is 0 Å². The van der Waals surface area contributed by atoms with Gasteiger partial charge in [-0.1, -0.05) is 108 Å². The van der Waals surface area contributed by atoms with Gasteiger partial charge in [-0.25, -0.2) is 8.78 Å². The Kier molecular flexibility index (Phi) is 11.3. The van der Waals surface area contributed by atoms with Crippen molar-refractivity contribution in [2.45, 2.75) is 19.6 Å². The smallest absolute Gasteiger partial charge is 0.133 e. The van der Waals surface area contributed by atoms with E-state index in [1.54, 1.807) is 18.2 Å². The van der Waals surface area contributed by atoms with Crippen molar-refractivity contribution < 1.29 is 23.7 Å². The van der Waals surface area contributed by atoms with E-state index in [0.717, 1.165) is 36.9 Å². The Balaban J connectivity index is 0.000000179. The third-order valence-electron chi connectivity index (χ3n) is 6.51. The number of aromatic hydroxyl groups is 1.